The molecule has 1 aromatic rings. The third-order valence-corrected chi connectivity index (χ3v) is 3.43. The number of rotatable bonds is 2. The maximum atomic E-state index is 12.2. The van der Waals surface area contributed by atoms with Crippen LogP contribution in [0.3, 0.4) is 0 Å². The van der Waals surface area contributed by atoms with Crippen LogP contribution in [0.2, 0.25) is 0 Å². The number of nitrogens with zero attached hydrogens (tertiary/aromatic N) is 1. The number of aryl methyl sites for hydroxylation is 2. The van der Waals surface area contributed by atoms with Crippen LogP contribution in [0.15, 0.2) is 18.2 Å². The molecule has 0 bridgehead atoms. The monoisotopic (exact) mass is 262 g/mol. The molecular weight excluding hydrogens is 244 g/mol. The van der Waals surface area contributed by atoms with Crippen molar-refractivity contribution >= 4 is 17.6 Å². The second-order valence-electron chi connectivity index (χ2n) is 4.91. The molecule has 5 heteroatoms. The average Bonchev–Trinajstić information content (AvgIpc) is 2.52. The number of carbonyl (C=O) groups is 2. The zero-order valence-electron chi connectivity index (χ0n) is 11.1. The maximum Gasteiger partial charge on any atom is 0.309 e. The molecule has 2 rings (SSSR count). The zero-order chi connectivity index (χ0) is 14.0. The van der Waals surface area contributed by atoms with Gasteiger partial charge in [0.1, 0.15) is 0 Å². The molecule has 2 N–H and O–H groups in total. The summed E-state index contributed by atoms with van der Waals surface area (Å²) in [6.45, 7) is 4.58. The highest BCUT2D eigenvalue weighted by molar-refractivity contribution is 5.97. The van der Waals surface area contributed by atoms with Crippen molar-refractivity contribution in [3.63, 3.8) is 0 Å². The van der Waals surface area contributed by atoms with Crippen LogP contribution in [0, 0.1) is 19.8 Å². The maximum absolute atomic E-state index is 12.2. The smallest absolute Gasteiger partial charge is 0.309 e. The van der Waals surface area contributed by atoms with E-state index in [4.69, 9.17) is 0 Å². The number of benzene rings is 1. The van der Waals surface area contributed by atoms with Crippen LogP contribution in [-0.2, 0) is 9.59 Å². The number of carboxylic acids is 1. The second kappa shape index (κ2) is 5.40. The topological polar surface area (TPSA) is 69.6 Å². The van der Waals surface area contributed by atoms with Gasteiger partial charge >= 0.3 is 5.97 Å². The van der Waals surface area contributed by atoms with Gasteiger partial charge in [-0.3, -0.25) is 9.59 Å². The van der Waals surface area contributed by atoms with E-state index >= 15 is 0 Å². The first-order valence-corrected chi connectivity index (χ1v) is 6.31. The number of hydrogen-bond donors (Lipinski definition) is 2. The third kappa shape index (κ3) is 2.76. The normalized spacial score (nSPS) is 20.2. The Morgan fingerprint density at radius 3 is 2.58 bits per heavy atom. The van der Waals surface area contributed by atoms with Crippen molar-refractivity contribution in [2.75, 3.05) is 24.5 Å². The Morgan fingerprint density at radius 1 is 1.37 bits per heavy atom. The number of carbonyl (C=O) groups excluding carboxylic acids is 1. The fraction of sp³-hybridized carbons (Fsp3) is 0.429. The molecule has 0 spiro atoms. The summed E-state index contributed by atoms with van der Waals surface area (Å²) in [6.07, 6.45) is 0. The lowest BCUT2D eigenvalue weighted by Gasteiger charge is -2.26. The molecule has 1 amide bonds. The van der Waals surface area contributed by atoms with Crippen molar-refractivity contribution in [2.45, 2.75) is 13.8 Å². The molecule has 1 aliphatic rings. The van der Waals surface area contributed by atoms with Gasteiger partial charge in [0, 0.05) is 18.8 Å². The highest BCUT2D eigenvalue weighted by atomic mass is 16.4. The first-order valence-electron chi connectivity index (χ1n) is 6.31. The van der Waals surface area contributed by atoms with Crippen LogP contribution in [-0.4, -0.2) is 36.6 Å². The van der Waals surface area contributed by atoms with E-state index in [1.54, 1.807) is 4.90 Å². The minimum atomic E-state index is -0.876. The molecule has 1 fully saturated rings. The molecule has 0 saturated carbocycles. The lowest BCUT2D eigenvalue weighted by atomic mass is 10.1. The Kier molecular flexibility index (Phi) is 3.85. The summed E-state index contributed by atoms with van der Waals surface area (Å²) >= 11 is 0. The van der Waals surface area contributed by atoms with Crippen molar-refractivity contribution in [3.05, 3.63) is 29.3 Å². The van der Waals surface area contributed by atoms with Gasteiger partial charge in [-0.05, 0) is 25.0 Å². The first-order chi connectivity index (χ1) is 9.00. The summed E-state index contributed by atoms with van der Waals surface area (Å²) < 4.78 is 0. The molecule has 1 aromatic carbocycles. The van der Waals surface area contributed by atoms with Gasteiger partial charge < -0.3 is 15.3 Å². The number of amides is 1. The van der Waals surface area contributed by atoms with E-state index in [-0.39, 0.29) is 19.0 Å². The molecule has 0 aliphatic carbocycles. The predicted molar refractivity (Wildman–Crippen MR) is 72.3 cm³/mol. The van der Waals surface area contributed by atoms with Gasteiger partial charge in [-0.1, -0.05) is 18.2 Å². The van der Waals surface area contributed by atoms with Crippen LogP contribution in [0.25, 0.3) is 0 Å². The predicted octanol–water partition coefficient (Wildman–Crippen LogP) is 0.940. The van der Waals surface area contributed by atoms with E-state index in [0.717, 1.165) is 16.8 Å². The van der Waals surface area contributed by atoms with E-state index in [9.17, 15) is 14.7 Å². The highest BCUT2D eigenvalue weighted by Crippen LogP contribution is 2.26. The van der Waals surface area contributed by atoms with Gasteiger partial charge in [-0.25, -0.2) is 0 Å². The first kappa shape index (κ1) is 13.5. The van der Waals surface area contributed by atoms with E-state index in [1.165, 1.54) is 0 Å². The summed E-state index contributed by atoms with van der Waals surface area (Å²) in [4.78, 5) is 24.9. The second-order valence-corrected chi connectivity index (χ2v) is 4.91. The molecule has 1 saturated heterocycles. The summed E-state index contributed by atoms with van der Waals surface area (Å²) in [6, 6.07) is 5.80. The van der Waals surface area contributed by atoms with Gasteiger partial charge in [0.2, 0.25) is 5.91 Å². The molecule has 1 atom stereocenters. The fourth-order valence-corrected chi connectivity index (χ4v) is 2.45. The van der Waals surface area contributed by atoms with Crippen LogP contribution >= 0.6 is 0 Å². The van der Waals surface area contributed by atoms with E-state index in [0.29, 0.717) is 6.54 Å². The number of nitrogens with one attached hydrogen (secondary N) is 1. The number of anilines is 1. The van der Waals surface area contributed by atoms with Crippen LogP contribution in [0.4, 0.5) is 5.69 Å². The summed E-state index contributed by atoms with van der Waals surface area (Å²) in [7, 11) is 0. The molecular formula is C14H18N2O3. The summed E-state index contributed by atoms with van der Waals surface area (Å²) in [5, 5.41) is 12.1. The SMILES string of the molecule is Cc1cccc(C)c1N1CC(C(=O)O)CNCC1=O. The van der Waals surface area contributed by atoms with E-state index in [1.807, 2.05) is 32.0 Å². The Hall–Kier alpha value is -1.88. The van der Waals surface area contributed by atoms with Crippen molar-refractivity contribution in [1.29, 1.82) is 0 Å². The van der Waals surface area contributed by atoms with E-state index < -0.39 is 11.9 Å². The molecule has 5 nitrogen and oxygen atoms in total. The lowest BCUT2D eigenvalue weighted by molar-refractivity contribution is -0.141. The molecule has 0 radical (unpaired) electrons. The van der Waals surface area contributed by atoms with Crippen LogP contribution < -0.4 is 10.2 Å². The fourth-order valence-electron chi connectivity index (χ4n) is 2.45. The Bertz CT molecular complexity index is 493. The van der Waals surface area contributed by atoms with Crippen molar-refractivity contribution < 1.29 is 14.7 Å². The molecule has 1 heterocycles. The minimum Gasteiger partial charge on any atom is -0.481 e. The van der Waals surface area contributed by atoms with Crippen LogP contribution in [0.1, 0.15) is 11.1 Å². The standard InChI is InChI=1S/C14H18N2O3/c1-9-4-3-5-10(2)13(9)16-8-11(14(18)19)6-15-7-12(16)17/h3-5,11,15H,6-8H2,1-2H3,(H,18,19). The molecule has 102 valence electrons. The molecule has 19 heavy (non-hydrogen) atoms. The molecule has 1 unspecified atom stereocenters. The largest absolute Gasteiger partial charge is 0.481 e. The number of hydrogen-bond acceptors (Lipinski definition) is 3. The highest BCUT2D eigenvalue weighted by Gasteiger charge is 2.29. The zero-order valence-corrected chi connectivity index (χ0v) is 11.1. The van der Waals surface area contributed by atoms with Gasteiger partial charge in [0.15, 0.2) is 0 Å². The van der Waals surface area contributed by atoms with Crippen molar-refractivity contribution in [3.8, 4) is 0 Å². The number of carboxylic acid groups (broad SMARTS) is 1. The molecule has 1 aliphatic heterocycles. The van der Waals surface area contributed by atoms with Gasteiger partial charge in [0.05, 0.1) is 12.5 Å². The van der Waals surface area contributed by atoms with Gasteiger partial charge in [-0.15, -0.1) is 0 Å². The summed E-state index contributed by atoms with van der Waals surface area (Å²) in [5.74, 6) is -1.54. The Morgan fingerprint density at radius 2 is 2.00 bits per heavy atom. The average molecular weight is 262 g/mol. The molecule has 0 aromatic heterocycles. The van der Waals surface area contributed by atoms with E-state index in [2.05, 4.69) is 5.32 Å². The quantitative estimate of drug-likeness (QED) is 0.832. The Balaban J connectivity index is 2.39. The summed E-state index contributed by atoms with van der Waals surface area (Å²) in [5.41, 5.74) is 2.81. The van der Waals surface area contributed by atoms with Crippen LogP contribution in [0.5, 0.6) is 0 Å². The van der Waals surface area contributed by atoms with Crippen molar-refractivity contribution in [2.24, 2.45) is 5.92 Å². The van der Waals surface area contributed by atoms with Gasteiger partial charge in [0.25, 0.3) is 0 Å². The van der Waals surface area contributed by atoms with Crippen molar-refractivity contribution in [1.82, 2.24) is 5.32 Å². The Labute approximate surface area is 112 Å². The lowest BCUT2D eigenvalue weighted by Crippen LogP contribution is -2.38. The van der Waals surface area contributed by atoms with Gasteiger partial charge in [-0.2, -0.15) is 0 Å². The minimum absolute atomic E-state index is 0.0823. The third-order valence-electron chi connectivity index (χ3n) is 3.43. The number of aliphatic carboxylic acids is 1. The number of para-hydroxylation sites is 1.